The third-order valence-corrected chi connectivity index (χ3v) is 4.45. The minimum atomic E-state index is -0.314. The Bertz CT molecular complexity index is 904. The summed E-state index contributed by atoms with van der Waals surface area (Å²) >= 11 is 1.12. The monoisotopic (exact) mass is 354 g/mol. The van der Waals surface area contributed by atoms with E-state index < -0.39 is 0 Å². The summed E-state index contributed by atoms with van der Waals surface area (Å²) in [5.74, 6) is 0.156. The second-order valence-electron chi connectivity index (χ2n) is 5.51. The maximum atomic E-state index is 12.7. The van der Waals surface area contributed by atoms with Crippen molar-refractivity contribution in [2.45, 2.75) is 13.3 Å². The normalized spacial score (nSPS) is 10.6. The molecule has 0 spiro atoms. The fourth-order valence-corrected chi connectivity index (χ4v) is 3.14. The van der Waals surface area contributed by atoms with Crippen molar-refractivity contribution in [2.75, 3.05) is 11.1 Å². The zero-order chi connectivity index (χ0) is 17.6. The SMILES string of the molecule is CC(=O)OSCCc1ccccc1NC(=O)c1c[nH]c2ccccc12. The van der Waals surface area contributed by atoms with Crippen LogP contribution in [0.3, 0.4) is 0 Å². The highest BCUT2D eigenvalue weighted by molar-refractivity contribution is 7.95. The fourth-order valence-electron chi connectivity index (χ4n) is 2.59. The number of fused-ring (bicyclic) bond motifs is 1. The first-order valence-corrected chi connectivity index (χ1v) is 8.81. The first-order valence-electron chi connectivity index (χ1n) is 7.90. The van der Waals surface area contributed by atoms with E-state index in [1.807, 2.05) is 48.5 Å². The lowest BCUT2D eigenvalue weighted by Gasteiger charge is -2.10. The van der Waals surface area contributed by atoms with Crippen LogP contribution >= 0.6 is 12.0 Å². The zero-order valence-corrected chi connectivity index (χ0v) is 14.6. The van der Waals surface area contributed by atoms with Gasteiger partial charge >= 0.3 is 5.97 Å². The average molecular weight is 354 g/mol. The lowest BCUT2D eigenvalue weighted by Crippen LogP contribution is -2.13. The summed E-state index contributed by atoms with van der Waals surface area (Å²) in [6.07, 6.45) is 2.40. The Morgan fingerprint density at radius 3 is 2.72 bits per heavy atom. The van der Waals surface area contributed by atoms with E-state index in [-0.39, 0.29) is 11.9 Å². The highest BCUT2D eigenvalue weighted by Crippen LogP contribution is 2.22. The summed E-state index contributed by atoms with van der Waals surface area (Å²) in [5.41, 5.74) is 3.30. The number of nitrogens with one attached hydrogen (secondary N) is 2. The van der Waals surface area contributed by atoms with Crippen LogP contribution in [0.25, 0.3) is 10.9 Å². The van der Waals surface area contributed by atoms with Crippen molar-refractivity contribution in [1.29, 1.82) is 0 Å². The van der Waals surface area contributed by atoms with Crippen molar-refractivity contribution in [3.63, 3.8) is 0 Å². The molecule has 0 radical (unpaired) electrons. The van der Waals surface area contributed by atoms with Gasteiger partial charge in [-0.25, -0.2) is 0 Å². The van der Waals surface area contributed by atoms with E-state index in [1.54, 1.807) is 6.20 Å². The van der Waals surface area contributed by atoms with Crippen LogP contribution in [0.4, 0.5) is 5.69 Å². The van der Waals surface area contributed by atoms with Crippen molar-refractivity contribution in [2.24, 2.45) is 0 Å². The van der Waals surface area contributed by atoms with Crippen molar-refractivity contribution < 1.29 is 13.8 Å². The van der Waals surface area contributed by atoms with Gasteiger partial charge in [-0.2, -0.15) is 0 Å². The van der Waals surface area contributed by atoms with Crippen molar-refractivity contribution in [1.82, 2.24) is 4.98 Å². The molecule has 0 bridgehead atoms. The van der Waals surface area contributed by atoms with E-state index >= 15 is 0 Å². The molecule has 3 aromatic rings. The Morgan fingerprint density at radius 1 is 1.12 bits per heavy atom. The maximum absolute atomic E-state index is 12.7. The summed E-state index contributed by atoms with van der Waals surface area (Å²) in [7, 11) is 0. The Morgan fingerprint density at radius 2 is 1.88 bits per heavy atom. The molecule has 0 aliphatic carbocycles. The van der Waals surface area contributed by atoms with Gasteiger partial charge in [-0.05, 0) is 24.1 Å². The van der Waals surface area contributed by atoms with Crippen molar-refractivity contribution >= 4 is 40.5 Å². The average Bonchev–Trinajstić information content (AvgIpc) is 3.04. The molecular formula is C19H18N2O3S. The van der Waals surface area contributed by atoms with Gasteiger partial charge in [-0.15, -0.1) is 0 Å². The number of benzene rings is 2. The van der Waals surface area contributed by atoms with Gasteiger partial charge in [0, 0.05) is 35.5 Å². The van der Waals surface area contributed by atoms with Gasteiger partial charge in [0.15, 0.2) is 0 Å². The zero-order valence-electron chi connectivity index (χ0n) is 13.7. The van der Waals surface area contributed by atoms with E-state index in [4.69, 9.17) is 4.18 Å². The molecule has 3 rings (SSSR count). The molecule has 0 aliphatic rings. The van der Waals surface area contributed by atoms with E-state index in [0.717, 1.165) is 34.2 Å². The van der Waals surface area contributed by atoms with Crippen molar-refractivity contribution in [3.05, 3.63) is 65.9 Å². The van der Waals surface area contributed by atoms with Gasteiger partial charge in [0.25, 0.3) is 5.91 Å². The third kappa shape index (κ3) is 4.22. The Labute approximate surface area is 150 Å². The number of carbonyl (C=O) groups excluding carboxylic acids is 2. The number of para-hydroxylation sites is 2. The molecule has 6 heteroatoms. The first-order chi connectivity index (χ1) is 12.1. The predicted octanol–water partition coefficient (Wildman–Crippen LogP) is 4.17. The van der Waals surface area contributed by atoms with Gasteiger partial charge in [0.2, 0.25) is 0 Å². The molecule has 1 heterocycles. The molecule has 25 heavy (non-hydrogen) atoms. The highest BCUT2D eigenvalue weighted by Gasteiger charge is 2.13. The van der Waals surface area contributed by atoms with Crippen LogP contribution in [0.2, 0.25) is 0 Å². The van der Waals surface area contributed by atoms with E-state index in [2.05, 4.69) is 10.3 Å². The molecule has 0 unspecified atom stereocenters. The molecule has 2 N–H and O–H groups in total. The lowest BCUT2D eigenvalue weighted by atomic mass is 10.1. The van der Waals surface area contributed by atoms with Crippen LogP contribution in [-0.4, -0.2) is 22.6 Å². The van der Waals surface area contributed by atoms with Gasteiger partial charge in [-0.3, -0.25) is 9.59 Å². The van der Waals surface area contributed by atoms with Crippen LogP contribution in [0.1, 0.15) is 22.8 Å². The van der Waals surface area contributed by atoms with Gasteiger partial charge in [0.1, 0.15) is 0 Å². The summed E-state index contributed by atoms with van der Waals surface area (Å²) in [6, 6.07) is 15.3. The summed E-state index contributed by atoms with van der Waals surface area (Å²) < 4.78 is 4.88. The molecule has 0 fully saturated rings. The quantitative estimate of drug-likeness (QED) is 0.515. The fraction of sp³-hybridized carbons (Fsp3) is 0.158. The number of rotatable bonds is 6. The number of carbonyl (C=O) groups is 2. The summed E-state index contributed by atoms with van der Waals surface area (Å²) in [5, 5.41) is 3.87. The molecular weight excluding hydrogens is 336 g/mol. The molecule has 0 aliphatic heterocycles. The van der Waals surface area contributed by atoms with E-state index in [1.165, 1.54) is 6.92 Å². The van der Waals surface area contributed by atoms with Crippen LogP contribution in [0, 0.1) is 0 Å². The third-order valence-electron chi connectivity index (χ3n) is 3.73. The molecule has 1 aromatic heterocycles. The number of aromatic amines is 1. The summed E-state index contributed by atoms with van der Waals surface area (Å²) in [6.45, 7) is 1.38. The standard InChI is InChI=1S/C19H18N2O3S/c1-13(22)24-25-11-10-14-6-2-4-8-17(14)21-19(23)16-12-20-18-9-5-3-7-15(16)18/h2-9,12,20H,10-11H2,1H3,(H,21,23). The lowest BCUT2D eigenvalue weighted by molar-refractivity contribution is -0.130. The van der Waals surface area contributed by atoms with Crippen LogP contribution < -0.4 is 5.32 Å². The van der Waals surface area contributed by atoms with Crippen LogP contribution in [0.5, 0.6) is 0 Å². The number of hydrogen-bond acceptors (Lipinski definition) is 4. The minimum absolute atomic E-state index is 0.155. The second-order valence-corrected chi connectivity index (χ2v) is 6.32. The molecule has 1 amide bonds. The molecule has 0 saturated carbocycles. The first kappa shape index (κ1) is 17.1. The Balaban J connectivity index is 1.72. The van der Waals surface area contributed by atoms with Gasteiger partial charge in [0.05, 0.1) is 17.6 Å². The highest BCUT2D eigenvalue weighted by atomic mass is 32.2. The second kappa shape index (κ2) is 7.90. The van der Waals surface area contributed by atoms with Crippen LogP contribution in [0.15, 0.2) is 54.7 Å². The number of aryl methyl sites for hydroxylation is 1. The predicted molar refractivity (Wildman–Crippen MR) is 101 cm³/mol. The molecule has 2 aromatic carbocycles. The largest absolute Gasteiger partial charge is 0.392 e. The van der Waals surface area contributed by atoms with Crippen molar-refractivity contribution in [3.8, 4) is 0 Å². The smallest absolute Gasteiger partial charge is 0.314 e. The topological polar surface area (TPSA) is 71.2 Å². The maximum Gasteiger partial charge on any atom is 0.314 e. The minimum Gasteiger partial charge on any atom is -0.392 e. The number of hydrogen-bond donors (Lipinski definition) is 2. The van der Waals surface area contributed by atoms with Crippen LogP contribution in [-0.2, 0) is 15.4 Å². The Hall–Kier alpha value is -2.73. The van der Waals surface area contributed by atoms with E-state index in [9.17, 15) is 9.59 Å². The van der Waals surface area contributed by atoms with Gasteiger partial charge < -0.3 is 14.5 Å². The Kier molecular flexibility index (Phi) is 5.40. The molecule has 128 valence electrons. The summed E-state index contributed by atoms with van der Waals surface area (Å²) in [4.78, 5) is 26.6. The number of H-pyrrole nitrogens is 1. The van der Waals surface area contributed by atoms with E-state index in [0.29, 0.717) is 17.7 Å². The number of anilines is 1. The van der Waals surface area contributed by atoms with Gasteiger partial charge in [-0.1, -0.05) is 36.4 Å². The molecule has 0 saturated heterocycles. The number of amides is 1. The molecule has 0 atom stereocenters. The molecule has 5 nitrogen and oxygen atoms in total. The number of aromatic nitrogens is 1.